The Morgan fingerprint density at radius 3 is 2.92 bits per heavy atom. The Morgan fingerprint density at radius 2 is 2.12 bits per heavy atom. The number of carbonyl (C=O) groups excluding carboxylic acids is 1. The van der Waals surface area contributed by atoms with Crippen LogP contribution in [0.3, 0.4) is 0 Å². The molecular weight excluding hydrogens is 334 g/mol. The van der Waals surface area contributed by atoms with Crippen molar-refractivity contribution < 1.29 is 9.53 Å². The first-order valence-electron chi connectivity index (χ1n) is 9.07. The summed E-state index contributed by atoms with van der Waals surface area (Å²) >= 11 is 0. The molecule has 0 aliphatic carbocycles. The minimum atomic E-state index is 0.0358. The van der Waals surface area contributed by atoms with Crippen LogP contribution in [0.1, 0.15) is 30.4 Å². The van der Waals surface area contributed by atoms with Crippen molar-refractivity contribution in [3.05, 3.63) is 35.9 Å². The number of rotatable bonds is 5. The summed E-state index contributed by atoms with van der Waals surface area (Å²) in [6.07, 6.45) is 3.71. The van der Waals surface area contributed by atoms with Gasteiger partial charge in [-0.1, -0.05) is 6.07 Å². The minimum Gasteiger partial charge on any atom is -0.379 e. The number of hydrogen-bond acceptors (Lipinski definition) is 7. The lowest BCUT2D eigenvalue weighted by Crippen LogP contribution is -2.37. The third kappa shape index (κ3) is 3.73. The Balaban J connectivity index is 1.42. The first-order chi connectivity index (χ1) is 12.8. The second kappa shape index (κ2) is 7.88. The maximum Gasteiger partial charge on any atom is 0.245 e. The first-order valence-corrected chi connectivity index (χ1v) is 9.07. The molecule has 2 aliphatic rings. The van der Waals surface area contributed by atoms with Crippen molar-refractivity contribution in [1.82, 2.24) is 35.0 Å². The molecule has 138 valence electrons. The van der Waals surface area contributed by atoms with Gasteiger partial charge in [-0.25, -0.2) is 4.68 Å². The third-order valence-electron chi connectivity index (χ3n) is 4.96. The molecule has 1 atom stereocenters. The number of aromatic nitrogens is 5. The van der Waals surface area contributed by atoms with Gasteiger partial charge in [-0.05, 0) is 35.4 Å². The van der Waals surface area contributed by atoms with E-state index in [-0.39, 0.29) is 18.5 Å². The van der Waals surface area contributed by atoms with Gasteiger partial charge < -0.3 is 9.64 Å². The van der Waals surface area contributed by atoms with Crippen LogP contribution in [-0.4, -0.2) is 73.7 Å². The van der Waals surface area contributed by atoms with E-state index < -0.39 is 0 Å². The summed E-state index contributed by atoms with van der Waals surface area (Å²) in [5.41, 5.74) is 0.948. The summed E-state index contributed by atoms with van der Waals surface area (Å²) in [5, 5.41) is 11.9. The van der Waals surface area contributed by atoms with Crippen LogP contribution < -0.4 is 0 Å². The maximum atomic E-state index is 12.9. The fourth-order valence-electron chi connectivity index (χ4n) is 3.58. The number of morpholine rings is 1. The topological polar surface area (TPSA) is 89.3 Å². The van der Waals surface area contributed by atoms with Crippen molar-refractivity contribution in [1.29, 1.82) is 0 Å². The number of hydrogen-bond donors (Lipinski definition) is 0. The van der Waals surface area contributed by atoms with Gasteiger partial charge in [0.1, 0.15) is 6.54 Å². The van der Waals surface area contributed by atoms with E-state index in [0.29, 0.717) is 12.4 Å². The van der Waals surface area contributed by atoms with E-state index in [4.69, 9.17) is 4.74 Å². The van der Waals surface area contributed by atoms with Crippen LogP contribution in [0.5, 0.6) is 0 Å². The van der Waals surface area contributed by atoms with E-state index in [2.05, 4.69) is 25.4 Å². The predicted octanol–water partition coefficient (Wildman–Crippen LogP) is 0.264. The Morgan fingerprint density at radius 1 is 1.23 bits per heavy atom. The lowest BCUT2D eigenvalue weighted by Gasteiger charge is -2.26. The zero-order valence-corrected chi connectivity index (χ0v) is 14.7. The normalized spacial score (nSPS) is 21.2. The van der Waals surface area contributed by atoms with Crippen molar-refractivity contribution >= 4 is 5.91 Å². The summed E-state index contributed by atoms with van der Waals surface area (Å²) in [6, 6.07) is 5.88. The lowest BCUT2D eigenvalue weighted by atomic mass is 10.1. The molecule has 0 unspecified atom stereocenters. The molecule has 0 spiro atoms. The zero-order valence-electron chi connectivity index (χ0n) is 14.7. The van der Waals surface area contributed by atoms with Crippen LogP contribution in [0.25, 0.3) is 0 Å². The summed E-state index contributed by atoms with van der Waals surface area (Å²) in [4.78, 5) is 21.5. The fraction of sp³-hybridized carbons (Fsp3) is 0.588. The average molecular weight is 357 g/mol. The maximum absolute atomic E-state index is 12.9. The second-order valence-corrected chi connectivity index (χ2v) is 6.64. The molecule has 2 fully saturated rings. The summed E-state index contributed by atoms with van der Waals surface area (Å²) < 4.78 is 6.98. The number of amides is 1. The van der Waals surface area contributed by atoms with Gasteiger partial charge in [0.25, 0.3) is 0 Å². The molecule has 1 amide bonds. The Kier molecular flexibility index (Phi) is 5.16. The SMILES string of the molecule is O=C(Cn1nnnc1CN1CCOCC1)N1CCC[C@H]1c1ccccn1. The first kappa shape index (κ1) is 17.0. The Hall–Kier alpha value is -2.39. The number of tetrazole rings is 1. The molecular formula is C17H23N7O2. The minimum absolute atomic E-state index is 0.0358. The zero-order chi connectivity index (χ0) is 17.8. The second-order valence-electron chi connectivity index (χ2n) is 6.64. The molecule has 9 nitrogen and oxygen atoms in total. The molecule has 2 aromatic heterocycles. The molecule has 0 aromatic carbocycles. The highest BCUT2D eigenvalue weighted by Crippen LogP contribution is 2.30. The average Bonchev–Trinajstić information content (AvgIpc) is 3.33. The third-order valence-corrected chi connectivity index (χ3v) is 4.96. The van der Waals surface area contributed by atoms with Crippen molar-refractivity contribution in [2.75, 3.05) is 32.8 Å². The van der Waals surface area contributed by atoms with Gasteiger partial charge in [0.15, 0.2) is 5.82 Å². The van der Waals surface area contributed by atoms with Gasteiger partial charge in [0, 0.05) is 25.8 Å². The van der Waals surface area contributed by atoms with Gasteiger partial charge in [-0.15, -0.1) is 5.10 Å². The van der Waals surface area contributed by atoms with Gasteiger partial charge in [0.05, 0.1) is 31.5 Å². The monoisotopic (exact) mass is 357 g/mol. The quantitative estimate of drug-likeness (QED) is 0.758. The van der Waals surface area contributed by atoms with Crippen LogP contribution in [0.15, 0.2) is 24.4 Å². The standard InChI is InChI=1S/C17H23N7O2/c25-17(23-7-3-5-15(23)14-4-1-2-6-18-14)13-24-16(19-20-21-24)12-22-8-10-26-11-9-22/h1-2,4,6,15H,3,5,7-13H2/t15-/m0/s1. The summed E-state index contributed by atoms with van der Waals surface area (Å²) in [5.74, 6) is 0.752. The molecule has 2 aromatic rings. The predicted molar refractivity (Wildman–Crippen MR) is 91.8 cm³/mol. The van der Waals surface area contributed by atoms with Gasteiger partial charge >= 0.3 is 0 Å². The molecule has 0 N–H and O–H groups in total. The smallest absolute Gasteiger partial charge is 0.245 e. The van der Waals surface area contributed by atoms with Crippen molar-refractivity contribution in [3.63, 3.8) is 0 Å². The Bertz CT molecular complexity index is 730. The number of likely N-dealkylation sites (tertiary alicyclic amines) is 1. The lowest BCUT2D eigenvalue weighted by molar-refractivity contribution is -0.133. The van der Waals surface area contributed by atoms with E-state index in [1.165, 1.54) is 0 Å². The molecule has 4 heterocycles. The fourth-order valence-corrected chi connectivity index (χ4v) is 3.58. The van der Waals surface area contributed by atoms with Crippen molar-refractivity contribution in [2.45, 2.75) is 32.0 Å². The van der Waals surface area contributed by atoms with E-state index in [1.54, 1.807) is 10.9 Å². The van der Waals surface area contributed by atoms with Crippen molar-refractivity contribution in [2.24, 2.45) is 0 Å². The number of pyridine rings is 1. The Labute approximate surface area is 151 Å². The highest BCUT2D eigenvalue weighted by molar-refractivity contribution is 5.76. The summed E-state index contributed by atoms with van der Waals surface area (Å²) in [6.45, 7) is 4.70. The molecule has 0 bridgehead atoms. The van der Waals surface area contributed by atoms with E-state index in [9.17, 15) is 4.79 Å². The van der Waals surface area contributed by atoms with Crippen LogP contribution >= 0.6 is 0 Å². The van der Waals surface area contributed by atoms with Crippen LogP contribution in [-0.2, 0) is 22.6 Å². The largest absolute Gasteiger partial charge is 0.379 e. The molecule has 2 aliphatic heterocycles. The number of ether oxygens (including phenoxy) is 1. The van der Waals surface area contributed by atoms with Crippen LogP contribution in [0.2, 0.25) is 0 Å². The van der Waals surface area contributed by atoms with Gasteiger partial charge in [0.2, 0.25) is 5.91 Å². The van der Waals surface area contributed by atoms with Crippen molar-refractivity contribution in [3.8, 4) is 0 Å². The molecule has 9 heteroatoms. The number of nitrogens with zero attached hydrogens (tertiary/aromatic N) is 7. The van der Waals surface area contributed by atoms with Gasteiger partial charge in [-0.2, -0.15) is 0 Å². The molecule has 2 saturated heterocycles. The highest BCUT2D eigenvalue weighted by Gasteiger charge is 2.31. The molecule has 26 heavy (non-hydrogen) atoms. The van der Waals surface area contributed by atoms with E-state index >= 15 is 0 Å². The van der Waals surface area contributed by atoms with Crippen LogP contribution in [0, 0.1) is 0 Å². The summed E-state index contributed by atoms with van der Waals surface area (Å²) in [7, 11) is 0. The number of carbonyl (C=O) groups is 1. The molecule has 4 rings (SSSR count). The van der Waals surface area contributed by atoms with E-state index in [1.807, 2.05) is 23.1 Å². The highest BCUT2D eigenvalue weighted by atomic mass is 16.5. The molecule has 0 radical (unpaired) electrons. The van der Waals surface area contributed by atoms with Gasteiger partial charge in [-0.3, -0.25) is 14.7 Å². The van der Waals surface area contributed by atoms with Crippen LogP contribution in [0.4, 0.5) is 0 Å². The van der Waals surface area contributed by atoms with E-state index in [0.717, 1.165) is 51.4 Å². The molecule has 0 saturated carbocycles.